The Labute approximate surface area is 126 Å². The molecule has 0 aromatic carbocycles. The van der Waals surface area contributed by atoms with Crippen molar-refractivity contribution in [2.45, 2.75) is 44.8 Å². The average Bonchev–Trinajstić information content (AvgIpc) is 3.00. The molecular formula is C16H26N2OS. The summed E-state index contributed by atoms with van der Waals surface area (Å²) in [5.41, 5.74) is 0. The molecule has 1 aliphatic heterocycles. The van der Waals surface area contributed by atoms with Crippen LogP contribution >= 0.6 is 11.3 Å². The summed E-state index contributed by atoms with van der Waals surface area (Å²) in [5, 5.41) is 5.84. The van der Waals surface area contributed by atoms with Gasteiger partial charge in [0.1, 0.15) is 0 Å². The van der Waals surface area contributed by atoms with Gasteiger partial charge >= 0.3 is 0 Å². The summed E-state index contributed by atoms with van der Waals surface area (Å²) in [5.74, 6) is 0.655. The monoisotopic (exact) mass is 294 g/mol. The van der Waals surface area contributed by atoms with E-state index in [0.29, 0.717) is 12.0 Å². The van der Waals surface area contributed by atoms with Gasteiger partial charge in [-0.2, -0.15) is 0 Å². The van der Waals surface area contributed by atoms with Crippen molar-refractivity contribution in [2.24, 2.45) is 5.92 Å². The van der Waals surface area contributed by atoms with E-state index in [1.54, 1.807) is 0 Å². The van der Waals surface area contributed by atoms with Crippen molar-refractivity contribution in [1.29, 1.82) is 0 Å². The van der Waals surface area contributed by atoms with E-state index in [1.165, 1.54) is 30.7 Å². The Morgan fingerprint density at radius 1 is 1.40 bits per heavy atom. The first-order chi connectivity index (χ1) is 9.86. The molecule has 3 nitrogen and oxygen atoms in total. The van der Waals surface area contributed by atoms with Crippen LogP contribution in [0.5, 0.6) is 0 Å². The van der Waals surface area contributed by atoms with Gasteiger partial charge in [0.25, 0.3) is 0 Å². The molecule has 0 amide bonds. The molecule has 2 aliphatic rings. The summed E-state index contributed by atoms with van der Waals surface area (Å²) in [6, 6.07) is 5.80. The van der Waals surface area contributed by atoms with Crippen molar-refractivity contribution in [3.05, 3.63) is 22.4 Å². The Morgan fingerprint density at radius 3 is 3.00 bits per heavy atom. The fraction of sp³-hybridized carbons (Fsp3) is 0.750. The van der Waals surface area contributed by atoms with Gasteiger partial charge in [0, 0.05) is 36.0 Å². The van der Waals surface area contributed by atoms with E-state index in [1.807, 2.05) is 11.3 Å². The number of nitrogens with one attached hydrogen (secondary N) is 1. The van der Waals surface area contributed by atoms with Crippen molar-refractivity contribution >= 4 is 11.3 Å². The number of hydrogen-bond donors (Lipinski definition) is 1. The van der Waals surface area contributed by atoms with Crippen LogP contribution in [-0.2, 0) is 11.3 Å². The molecule has 20 heavy (non-hydrogen) atoms. The van der Waals surface area contributed by atoms with Gasteiger partial charge < -0.3 is 10.1 Å². The van der Waals surface area contributed by atoms with E-state index in [0.717, 1.165) is 32.3 Å². The topological polar surface area (TPSA) is 24.5 Å². The molecule has 2 fully saturated rings. The third-order valence-electron chi connectivity index (χ3n) is 4.33. The minimum absolute atomic E-state index is 0.555. The van der Waals surface area contributed by atoms with Gasteiger partial charge in [0.15, 0.2) is 0 Å². The Morgan fingerprint density at radius 2 is 2.30 bits per heavy atom. The first-order valence-corrected chi connectivity index (χ1v) is 8.82. The molecule has 1 aliphatic carbocycles. The molecule has 1 aromatic heterocycles. The quantitative estimate of drug-likeness (QED) is 0.798. The lowest BCUT2D eigenvalue weighted by Gasteiger charge is -2.27. The number of thiophene rings is 1. The molecule has 0 bridgehead atoms. The maximum atomic E-state index is 5.72. The predicted molar refractivity (Wildman–Crippen MR) is 84.1 cm³/mol. The molecule has 3 rings (SSSR count). The van der Waals surface area contributed by atoms with Crippen LogP contribution in [0.2, 0.25) is 0 Å². The zero-order chi connectivity index (χ0) is 13.8. The molecule has 2 heterocycles. The molecule has 112 valence electrons. The van der Waals surface area contributed by atoms with Crippen molar-refractivity contribution < 1.29 is 4.74 Å². The molecule has 0 spiro atoms. The van der Waals surface area contributed by atoms with Crippen LogP contribution in [0.1, 0.15) is 31.1 Å². The summed E-state index contributed by atoms with van der Waals surface area (Å²) < 4.78 is 5.72. The summed E-state index contributed by atoms with van der Waals surface area (Å²) in [6.45, 7) is 7.46. The van der Waals surface area contributed by atoms with Crippen LogP contribution in [0.15, 0.2) is 17.5 Å². The highest BCUT2D eigenvalue weighted by atomic mass is 32.1. The summed E-state index contributed by atoms with van der Waals surface area (Å²) in [7, 11) is 0. The van der Waals surface area contributed by atoms with Gasteiger partial charge in [0.05, 0.1) is 13.2 Å². The van der Waals surface area contributed by atoms with Crippen molar-refractivity contribution in [3.63, 3.8) is 0 Å². The van der Waals surface area contributed by atoms with E-state index in [4.69, 9.17) is 4.74 Å². The van der Waals surface area contributed by atoms with Gasteiger partial charge in [-0.05, 0) is 37.3 Å². The van der Waals surface area contributed by atoms with Crippen molar-refractivity contribution in [3.8, 4) is 0 Å². The molecule has 4 heteroatoms. The highest BCUT2D eigenvalue weighted by Gasteiger charge is 2.35. The number of ether oxygens (including phenoxy) is 1. The summed E-state index contributed by atoms with van der Waals surface area (Å²) >= 11 is 1.88. The standard InChI is InChI=1S/C16H26N2OS/c1-2-7-17-16-12-19-11-13(16)9-18(14-5-6-14)10-15-4-3-8-20-15/h3-4,8,13-14,16-17H,2,5-7,9-12H2,1H3. The Kier molecular flexibility index (Phi) is 5.10. The lowest BCUT2D eigenvalue weighted by molar-refractivity contribution is 0.162. The molecule has 0 radical (unpaired) electrons. The average molecular weight is 294 g/mol. The van der Waals surface area contributed by atoms with Crippen LogP contribution in [-0.4, -0.2) is 43.3 Å². The number of rotatable bonds is 8. The van der Waals surface area contributed by atoms with Crippen molar-refractivity contribution in [1.82, 2.24) is 10.2 Å². The Bertz CT molecular complexity index is 391. The SMILES string of the molecule is CCCNC1COCC1CN(Cc1cccs1)C1CC1. The van der Waals surface area contributed by atoms with Crippen LogP contribution in [0.4, 0.5) is 0 Å². The van der Waals surface area contributed by atoms with Crippen LogP contribution < -0.4 is 5.32 Å². The minimum Gasteiger partial charge on any atom is -0.379 e. The van der Waals surface area contributed by atoms with E-state index in [-0.39, 0.29) is 0 Å². The molecule has 2 unspecified atom stereocenters. The van der Waals surface area contributed by atoms with Crippen LogP contribution in [0.3, 0.4) is 0 Å². The predicted octanol–water partition coefficient (Wildman–Crippen LogP) is 2.73. The number of nitrogens with zero attached hydrogens (tertiary/aromatic N) is 1. The van der Waals surface area contributed by atoms with Gasteiger partial charge in [-0.15, -0.1) is 11.3 Å². The van der Waals surface area contributed by atoms with E-state index in [2.05, 4.69) is 34.7 Å². The smallest absolute Gasteiger partial charge is 0.0623 e. The van der Waals surface area contributed by atoms with E-state index < -0.39 is 0 Å². The van der Waals surface area contributed by atoms with Crippen LogP contribution in [0.25, 0.3) is 0 Å². The maximum absolute atomic E-state index is 5.72. The van der Waals surface area contributed by atoms with Gasteiger partial charge in [-0.1, -0.05) is 13.0 Å². The zero-order valence-electron chi connectivity index (χ0n) is 12.4. The lowest BCUT2D eigenvalue weighted by atomic mass is 10.0. The fourth-order valence-electron chi connectivity index (χ4n) is 3.02. The second-order valence-corrected chi connectivity index (χ2v) is 7.13. The highest BCUT2D eigenvalue weighted by molar-refractivity contribution is 7.09. The Hall–Kier alpha value is -0.420. The largest absolute Gasteiger partial charge is 0.379 e. The molecule has 1 saturated carbocycles. The van der Waals surface area contributed by atoms with Gasteiger partial charge in [-0.3, -0.25) is 4.90 Å². The third kappa shape index (κ3) is 3.82. The second kappa shape index (κ2) is 7.03. The van der Waals surface area contributed by atoms with Gasteiger partial charge in [0.2, 0.25) is 0 Å². The first kappa shape index (κ1) is 14.5. The van der Waals surface area contributed by atoms with Crippen molar-refractivity contribution in [2.75, 3.05) is 26.3 Å². The lowest BCUT2D eigenvalue weighted by Crippen LogP contribution is -2.42. The Balaban J connectivity index is 1.55. The molecule has 1 aromatic rings. The second-order valence-electron chi connectivity index (χ2n) is 6.10. The molecule has 2 atom stereocenters. The fourth-order valence-corrected chi connectivity index (χ4v) is 3.75. The van der Waals surface area contributed by atoms with E-state index in [9.17, 15) is 0 Å². The van der Waals surface area contributed by atoms with E-state index >= 15 is 0 Å². The summed E-state index contributed by atoms with van der Waals surface area (Å²) in [4.78, 5) is 4.18. The third-order valence-corrected chi connectivity index (χ3v) is 5.19. The van der Waals surface area contributed by atoms with Crippen LogP contribution in [0, 0.1) is 5.92 Å². The highest BCUT2D eigenvalue weighted by Crippen LogP contribution is 2.31. The molecular weight excluding hydrogens is 268 g/mol. The normalized spacial score (nSPS) is 26.5. The van der Waals surface area contributed by atoms with Gasteiger partial charge in [-0.25, -0.2) is 0 Å². The molecule has 1 saturated heterocycles. The maximum Gasteiger partial charge on any atom is 0.0623 e. The zero-order valence-corrected chi connectivity index (χ0v) is 13.2. The first-order valence-electron chi connectivity index (χ1n) is 7.94. The number of hydrogen-bond acceptors (Lipinski definition) is 4. The minimum atomic E-state index is 0.555. The summed E-state index contributed by atoms with van der Waals surface area (Å²) in [6.07, 6.45) is 3.96. The molecule has 1 N–H and O–H groups in total.